The van der Waals surface area contributed by atoms with Gasteiger partial charge in [-0.25, -0.2) is 0 Å². The van der Waals surface area contributed by atoms with Gasteiger partial charge in [0.2, 0.25) is 0 Å². The zero-order valence-electron chi connectivity index (χ0n) is 15.8. The van der Waals surface area contributed by atoms with Crippen LogP contribution in [0.25, 0.3) is 0 Å². The van der Waals surface area contributed by atoms with Crippen molar-refractivity contribution in [3.05, 3.63) is 64.2 Å². The molecule has 0 radical (unpaired) electrons. The molecule has 2 unspecified atom stereocenters. The van der Waals surface area contributed by atoms with E-state index in [9.17, 15) is 10.2 Å². The molecule has 1 fully saturated rings. The largest absolute Gasteiger partial charge is 0.494 e. The van der Waals surface area contributed by atoms with E-state index in [4.69, 9.17) is 21.1 Å². The topological polar surface area (TPSA) is 58.9 Å². The third-order valence-corrected chi connectivity index (χ3v) is 5.31. The molecule has 1 aliphatic heterocycles. The minimum atomic E-state index is -0.613. The molecule has 0 saturated carbocycles. The first-order chi connectivity index (χ1) is 13.0. The van der Waals surface area contributed by atoms with Gasteiger partial charge >= 0.3 is 0 Å². The molecule has 2 aromatic carbocycles. The lowest BCUT2D eigenvalue weighted by molar-refractivity contribution is -0.135. The molecule has 2 N–H and O–H groups in total. The minimum absolute atomic E-state index is 0.246. The van der Waals surface area contributed by atoms with Gasteiger partial charge in [0.1, 0.15) is 5.75 Å². The molecule has 146 valence electrons. The second-order valence-corrected chi connectivity index (χ2v) is 7.54. The predicted molar refractivity (Wildman–Crippen MR) is 106 cm³/mol. The number of rotatable bonds is 6. The Labute approximate surface area is 165 Å². The van der Waals surface area contributed by atoms with E-state index in [0.717, 1.165) is 22.4 Å². The number of aliphatic hydroxyl groups excluding tert-OH is 2. The normalized spacial score (nSPS) is 23.8. The summed E-state index contributed by atoms with van der Waals surface area (Å²) in [4.78, 5) is 0. The van der Waals surface area contributed by atoms with Crippen molar-refractivity contribution in [2.45, 2.75) is 57.5 Å². The zero-order valence-corrected chi connectivity index (χ0v) is 16.5. The average Bonchev–Trinajstić information content (AvgIpc) is 2.65. The highest BCUT2D eigenvalue weighted by Crippen LogP contribution is 2.34. The van der Waals surface area contributed by atoms with E-state index < -0.39 is 12.2 Å². The third kappa shape index (κ3) is 5.23. The van der Waals surface area contributed by atoms with E-state index in [2.05, 4.69) is 0 Å². The Morgan fingerprint density at radius 1 is 1.19 bits per heavy atom. The molecule has 1 heterocycles. The molecule has 0 spiro atoms. The maximum absolute atomic E-state index is 10.2. The number of ether oxygens (including phenoxy) is 2. The minimum Gasteiger partial charge on any atom is -0.494 e. The molecule has 5 heteroatoms. The van der Waals surface area contributed by atoms with Gasteiger partial charge in [0.15, 0.2) is 0 Å². The van der Waals surface area contributed by atoms with Crippen LogP contribution in [-0.4, -0.2) is 35.1 Å². The fourth-order valence-corrected chi connectivity index (χ4v) is 3.66. The highest BCUT2D eigenvalue weighted by molar-refractivity contribution is 6.31. The Bertz CT molecular complexity index is 744. The average molecular weight is 391 g/mol. The van der Waals surface area contributed by atoms with Crippen LogP contribution in [0.1, 0.15) is 49.5 Å². The second kappa shape index (κ2) is 9.07. The van der Waals surface area contributed by atoms with E-state index >= 15 is 0 Å². The van der Waals surface area contributed by atoms with Crippen LogP contribution in [-0.2, 0) is 11.2 Å². The fraction of sp³-hybridized carbons (Fsp3) is 0.455. The quantitative estimate of drug-likeness (QED) is 0.772. The standard InChI is InChI=1S/C22H27ClO4/c1-3-26-19-7-4-15(5-8-19)10-17-11-16(6-9-20(17)23)22-13-18(25)12-21(27-22)14(2)24/h4-9,11,14,18,21-22,24-25H,3,10,12-13H2,1-2H3/t14?,18-,21?,22+/m0/s1. The van der Waals surface area contributed by atoms with E-state index in [1.54, 1.807) is 6.92 Å². The monoisotopic (exact) mass is 390 g/mol. The van der Waals surface area contributed by atoms with Gasteiger partial charge in [-0.2, -0.15) is 0 Å². The van der Waals surface area contributed by atoms with E-state index in [-0.39, 0.29) is 12.2 Å². The van der Waals surface area contributed by atoms with Gasteiger partial charge in [0, 0.05) is 17.9 Å². The molecular formula is C22H27ClO4. The maximum Gasteiger partial charge on any atom is 0.119 e. The molecule has 4 nitrogen and oxygen atoms in total. The highest BCUT2D eigenvalue weighted by atomic mass is 35.5. The maximum atomic E-state index is 10.2. The smallest absolute Gasteiger partial charge is 0.119 e. The summed E-state index contributed by atoms with van der Waals surface area (Å²) in [5.41, 5.74) is 3.13. The molecule has 27 heavy (non-hydrogen) atoms. The molecule has 2 aromatic rings. The molecule has 0 aliphatic carbocycles. The lowest BCUT2D eigenvalue weighted by Gasteiger charge is -2.35. The second-order valence-electron chi connectivity index (χ2n) is 7.13. The van der Waals surface area contributed by atoms with Crippen molar-refractivity contribution < 1.29 is 19.7 Å². The van der Waals surface area contributed by atoms with Crippen LogP contribution in [0.4, 0.5) is 0 Å². The lowest BCUT2D eigenvalue weighted by Crippen LogP contribution is -2.37. The van der Waals surface area contributed by atoms with Crippen LogP contribution in [0.5, 0.6) is 5.75 Å². The number of halogens is 1. The summed E-state index contributed by atoms with van der Waals surface area (Å²) < 4.78 is 11.5. The molecule has 0 aromatic heterocycles. The van der Waals surface area contributed by atoms with E-state index in [0.29, 0.717) is 30.9 Å². The van der Waals surface area contributed by atoms with Crippen molar-refractivity contribution in [1.82, 2.24) is 0 Å². The fourth-order valence-electron chi connectivity index (χ4n) is 3.48. The van der Waals surface area contributed by atoms with Gasteiger partial charge in [-0.3, -0.25) is 0 Å². The van der Waals surface area contributed by atoms with Gasteiger partial charge in [-0.15, -0.1) is 0 Å². The molecule has 1 aliphatic rings. The van der Waals surface area contributed by atoms with E-state index in [1.165, 1.54) is 0 Å². The highest BCUT2D eigenvalue weighted by Gasteiger charge is 2.32. The Morgan fingerprint density at radius 2 is 1.93 bits per heavy atom. The van der Waals surface area contributed by atoms with Crippen LogP contribution in [0, 0.1) is 0 Å². The number of hydrogen-bond acceptors (Lipinski definition) is 4. The van der Waals surface area contributed by atoms with Gasteiger partial charge in [0.25, 0.3) is 0 Å². The SMILES string of the molecule is CCOc1ccc(Cc2cc([C@H]3C[C@@H](O)CC(C(C)O)O3)ccc2Cl)cc1. The Kier molecular flexibility index (Phi) is 6.77. The van der Waals surface area contributed by atoms with Gasteiger partial charge in [-0.1, -0.05) is 35.9 Å². The van der Waals surface area contributed by atoms with Crippen molar-refractivity contribution >= 4 is 11.6 Å². The summed E-state index contributed by atoms with van der Waals surface area (Å²) in [5.74, 6) is 0.856. The summed E-state index contributed by atoms with van der Waals surface area (Å²) >= 11 is 6.42. The first kappa shape index (κ1) is 20.2. The van der Waals surface area contributed by atoms with Gasteiger partial charge < -0.3 is 19.7 Å². The predicted octanol–water partition coefficient (Wildman–Crippen LogP) is 4.29. The molecule has 0 amide bonds. The summed E-state index contributed by atoms with van der Waals surface area (Å²) in [7, 11) is 0. The van der Waals surface area contributed by atoms with Crippen molar-refractivity contribution in [2.75, 3.05) is 6.61 Å². The van der Waals surface area contributed by atoms with Crippen molar-refractivity contribution in [1.29, 1.82) is 0 Å². The number of hydrogen-bond donors (Lipinski definition) is 2. The number of benzene rings is 2. The Balaban J connectivity index is 1.77. The van der Waals surface area contributed by atoms with Gasteiger partial charge in [0.05, 0.1) is 31.0 Å². The molecular weight excluding hydrogens is 364 g/mol. The summed E-state index contributed by atoms with van der Waals surface area (Å²) in [6, 6.07) is 13.9. The molecule has 3 rings (SSSR count). The summed E-state index contributed by atoms with van der Waals surface area (Å²) in [6.45, 7) is 4.30. The lowest BCUT2D eigenvalue weighted by atomic mass is 9.92. The third-order valence-electron chi connectivity index (χ3n) is 4.94. The zero-order chi connectivity index (χ0) is 19.4. The van der Waals surface area contributed by atoms with Crippen LogP contribution >= 0.6 is 11.6 Å². The number of aliphatic hydroxyl groups is 2. The van der Waals surface area contributed by atoms with Crippen molar-refractivity contribution in [3.8, 4) is 5.75 Å². The summed E-state index contributed by atoms with van der Waals surface area (Å²) in [5, 5.41) is 20.7. The van der Waals surface area contributed by atoms with Crippen LogP contribution in [0.15, 0.2) is 42.5 Å². The van der Waals surface area contributed by atoms with Gasteiger partial charge in [-0.05, 0) is 55.2 Å². The van der Waals surface area contributed by atoms with Crippen LogP contribution in [0.2, 0.25) is 5.02 Å². The molecule has 0 bridgehead atoms. The molecule has 1 saturated heterocycles. The first-order valence-corrected chi connectivity index (χ1v) is 9.85. The Morgan fingerprint density at radius 3 is 2.59 bits per heavy atom. The Hall–Kier alpha value is -1.59. The van der Waals surface area contributed by atoms with Crippen LogP contribution < -0.4 is 4.74 Å². The van der Waals surface area contributed by atoms with Crippen molar-refractivity contribution in [3.63, 3.8) is 0 Å². The van der Waals surface area contributed by atoms with E-state index in [1.807, 2.05) is 49.4 Å². The molecule has 4 atom stereocenters. The van der Waals surface area contributed by atoms with Crippen molar-refractivity contribution in [2.24, 2.45) is 0 Å². The first-order valence-electron chi connectivity index (χ1n) is 9.48. The summed E-state index contributed by atoms with van der Waals surface area (Å²) in [6.07, 6.45) is -0.0113. The van der Waals surface area contributed by atoms with Crippen LogP contribution in [0.3, 0.4) is 0 Å².